The maximum absolute atomic E-state index is 4.39. The summed E-state index contributed by atoms with van der Waals surface area (Å²) in [5.41, 5.74) is 0. The predicted octanol–water partition coefficient (Wildman–Crippen LogP) is 3.16. The predicted molar refractivity (Wildman–Crippen MR) is 76.2 cm³/mol. The third kappa shape index (κ3) is 3.32. The first-order valence-electron chi connectivity index (χ1n) is 6.52. The fourth-order valence-electron chi connectivity index (χ4n) is 1.80. The smallest absolute Gasteiger partial charge is 0.182 e. The summed E-state index contributed by atoms with van der Waals surface area (Å²) in [5, 5.41) is 4.33. The third-order valence-corrected chi connectivity index (χ3v) is 3.62. The van der Waals surface area contributed by atoms with Gasteiger partial charge < -0.3 is 9.88 Å². The van der Waals surface area contributed by atoms with Gasteiger partial charge in [0.25, 0.3) is 0 Å². The van der Waals surface area contributed by atoms with Crippen molar-refractivity contribution in [2.75, 3.05) is 11.9 Å². The SMILES string of the molecule is CCCNc1ncc(Cn2ccnc2CCC)s1. The van der Waals surface area contributed by atoms with Gasteiger partial charge in [-0.05, 0) is 12.8 Å². The van der Waals surface area contributed by atoms with Crippen LogP contribution in [-0.4, -0.2) is 21.1 Å². The Morgan fingerprint density at radius 2 is 2.17 bits per heavy atom. The highest BCUT2D eigenvalue weighted by Gasteiger charge is 2.05. The number of rotatable bonds is 7. The zero-order valence-electron chi connectivity index (χ0n) is 11.0. The number of thiazole rings is 1. The molecule has 4 nitrogen and oxygen atoms in total. The van der Waals surface area contributed by atoms with Crippen LogP contribution in [0.4, 0.5) is 5.13 Å². The molecule has 0 fully saturated rings. The molecule has 0 aliphatic heterocycles. The summed E-state index contributed by atoms with van der Waals surface area (Å²) < 4.78 is 2.21. The number of hydrogen-bond acceptors (Lipinski definition) is 4. The molecule has 0 unspecified atom stereocenters. The maximum atomic E-state index is 4.39. The van der Waals surface area contributed by atoms with Crippen LogP contribution in [-0.2, 0) is 13.0 Å². The second-order valence-electron chi connectivity index (χ2n) is 4.28. The summed E-state index contributed by atoms with van der Waals surface area (Å²) in [6.45, 7) is 6.20. The van der Waals surface area contributed by atoms with Gasteiger partial charge in [0.2, 0.25) is 0 Å². The summed E-state index contributed by atoms with van der Waals surface area (Å²) in [6.07, 6.45) is 9.16. The van der Waals surface area contributed by atoms with Crippen molar-refractivity contribution in [2.45, 2.75) is 39.7 Å². The molecule has 0 saturated heterocycles. The van der Waals surface area contributed by atoms with Crippen LogP contribution >= 0.6 is 11.3 Å². The van der Waals surface area contributed by atoms with E-state index >= 15 is 0 Å². The minimum atomic E-state index is 0.876. The first-order chi connectivity index (χ1) is 8.83. The molecule has 0 bridgehead atoms. The second-order valence-corrected chi connectivity index (χ2v) is 5.40. The van der Waals surface area contributed by atoms with E-state index in [1.807, 2.05) is 18.6 Å². The fourth-order valence-corrected chi connectivity index (χ4v) is 2.63. The van der Waals surface area contributed by atoms with Crippen molar-refractivity contribution in [2.24, 2.45) is 0 Å². The zero-order chi connectivity index (χ0) is 12.8. The van der Waals surface area contributed by atoms with E-state index in [4.69, 9.17) is 0 Å². The maximum Gasteiger partial charge on any atom is 0.182 e. The van der Waals surface area contributed by atoms with E-state index in [1.54, 1.807) is 11.3 Å². The second kappa shape index (κ2) is 6.54. The van der Waals surface area contributed by atoms with Gasteiger partial charge in [0.1, 0.15) is 5.82 Å². The van der Waals surface area contributed by atoms with Crippen molar-refractivity contribution in [3.05, 3.63) is 29.3 Å². The van der Waals surface area contributed by atoms with Crippen molar-refractivity contribution in [1.29, 1.82) is 0 Å². The average molecular weight is 264 g/mol. The third-order valence-electron chi connectivity index (χ3n) is 2.68. The summed E-state index contributed by atoms with van der Waals surface area (Å²) >= 11 is 1.73. The van der Waals surface area contributed by atoms with Gasteiger partial charge >= 0.3 is 0 Å². The largest absolute Gasteiger partial charge is 0.362 e. The molecule has 0 radical (unpaired) electrons. The molecule has 2 rings (SSSR count). The summed E-state index contributed by atoms with van der Waals surface area (Å²) in [6, 6.07) is 0. The molecule has 18 heavy (non-hydrogen) atoms. The molecular weight excluding hydrogens is 244 g/mol. The lowest BCUT2D eigenvalue weighted by molar-refractivity contribution is 0.710. The highest BCUT2D eigenvalue weighted by molar-refractivity contribution is 7.15. The van der Waals surface area contributed by atoms with Crippen LogP contribution in [0.15, 0.2) is 18.6 Å². The van der Waals surface area contributed by atoms with E-state index in [2.05, 4.69) is 33.7 Å². The van der Waals surface area contributed by atoms with Gasteiger partial charge in [-0.15, -0.1) is 11.3 Å². The number of nitrogens with one attached hydrogen (secondary N) is 1. The molecule has 2 aromatic heterocycles. The molecule has 0 aliphatic carbocycles. The first kappa shape index (κ1) is 13.1. The lowest BCUT2D eigenvalue weighted by Crippen LogP contribution is -2.02. The summed E-state index contributed by atoms with van der Waals surface area (Å²) in [5.74, 6) is 1.16. The molecule has 1 N–H and O–H groups in total. The van der Waals surface area contributed by atoms with Gasteiger partial charge in [0, 0.05) is 36.4 Å². The Hall–Kier alpha value is -1.36. The first-order valence-corrected chi connectivity index (χ1v) is 7.33. The lowest BCUT2D eigenvalue weighted by atomic mass is 10.3. The lowest BCUT2D eigenvalue weighted by Gasteiger charge is -2.04. The van der Waals surface area contributed by atoms with Gasteiger partial charge in [0.05, 0.1) is 6.54 Å². The van der Waals surface area contributed by atoms with E-state index in [0.29, 0.717) is 0 Å². The van der Waals surface area contributed by atoms with Gasteiger partial charge in [-0.2, -0.15) is 0 Å². The van der Waals surface area contributed by atoms with Crippen LogP contribution in [0.2, 0.25) is 0 Å². The summed E-state index contributed by atoms with van der Waals surface area (Å²) in [7, 11) is 0. The standard InChI is InChI=1S/C13H20N4S/c1-3-5-12-14-7-8-17(12)10-11-9-16-13(18-11)15-6-4-2/h7-9H,3-6,10H2,1-2H3,(H,15,16). The Balaban J connectivity index is 1.99. The molecule has 0 amide bonds. The molecule has 0 atom stereocenters. The highest BCUT2D eigenvalue weighted by atomic mass is 32.1. The van der Waals surface area contributed by atoms with Crippen LogP contribution in [0.1, 0.15) is 37.4 Å². The topological polar surface area (TPSA) is 42.7 Å². The Morgan fingerprint density at radius 1 is 1.28 bits per heavy atom. The average Bonchev–Trinajstić information content (AvgIpc) is 2.98. The van der Waals surface area contributed by atoms with Crippen molar-refractivity contribution in [3.63, 3.8) is 0 Å². The van der Waals surface area contributed by atoms with Gasteiger partial charge in [0.15, 0.2) is 5.13 Å². The molecule has 2 aromatic rings. The zero-order valence-corrected chi connectivity index (χ0v) is 11.8. The van der Waals surface area contributed by atoms with Crippen LogP contribution in [0, 0.1) is 0 Å². The van der Waals surface area contributed by atoms with E-state index in [-0.39, 0.29) is 0 Å². The molecule has 2 heterocycles. The minimum absolute atomic E-state index is 0.876. The number of anilines is 1. The number of nitrogens with zero attached hydrogens (tertiary/aromatic N) is 3. The quantitative estimate of drug-likeness (QED) is 0.835. The van der Waals surface area contributed by atoms with Crippen LogP contribution in [0.3, 0.4) is 0 Å². The molecule has 0 saturated carbocycles. The Bertz CT molecular complexity index is 475. The normalized spacial score (nSPS) is 10.8. The number of aromatic nitrogens is 3. The van der Waals surface area contributed by atoms with Crippen molar-refractivity contribution in [3.8, 4) is 0 Å². The Morgan fingerprint density at radius 3 is 2.94 bits per heavy atom. The number of imidazole rings is 1. The monoisotopic (exact) mass is 264 g/mol. The highest BCUT2D eigenvalue weighted by Crippen LogP contribution is 2.19. The van der Waals surface area contributed by atoms with Crippen LogP contribution < -0.4 is 5.32 Å². The van der Waals surface area contributed by atoms with Gasteiger partial charge in [-0.1, -0.05) is 13.8 Å². The Labute approximate surface area is 112 Å². The van der Waals surface area contributed by atoms with E-state index in [9.17, 15) is 0 Å². The molecule has 0 aliphatic rings. The molecule has 0 spiro atoms. The van der Waals surface area contributed by atoms with Crippen LogP contribution in [0.5, 0.6) is 0 Å². The minimum Gasteiger partial charge on any atom is -0.362 e. The number of hydrogen-bond donors (Lipinski definition) is 1. The summed E-state index contributed by atoms with van der Waals surface area (Å²) in [4.78, 5) is 10.0. The van der Waals surface area contributed by atoms with E-state index < -0.39 is 0 Å². The molecule has 5 heteroatoms. The van der Waals surface area contributed by atoms with Crippen molar-refractivity contribution in [1.82, 2.24) is 14.5 Å². The fraction of sp³-hybridized carbons (Fsp3) is 0.538. The van der Waals surface area contributed by atoms with E-state index in [0.717, 1.165) is 43.3 Å². The van der Waals surface area contributed by atoms with Crippen molar-refractivity contribution < 1.29 is 0 Å². The van der Waals surface area contributed by atoms with E-state index in [1.165, 1.54) is 4.88 Å². The van der Waals surface area contributed by atoms with Crippen molar-refractivity contribution >= 4 is 16.5 Å². The molecular formula is C13H20N4S. The molecule has 0 aromatic carbocycles. The van der Waals surface area contributed by atoms with Gasteiger partial charge in [-0.25, -0.2) is 9.97 Å². The van der Waals surface area contributed by atoms with Crippen LogP contribution in [0.25, 0.3) is 0 Å². The molecule has 98 valence electrons. The Kier molecular flexibility index (Phi) is 4.75. The van der Waals surface area contributed by atoms with Gasteiger partial charge in [-0.3, -0.25) is 0 Å². The number of aryl methyl sites for hydroxylation is 1.